The van der Waals surface area contributed by atoms with Gasteiger partial charge in [0.1, 0.15) is 5.75 Å². The summed E-state index contributed by atoms with van der Waals surface area (Å²) in [6.07, 6.45) is 0. The Bertz CT molecular complexity index is 816. The Morgan fingerprint density at radius 2 is 1.72 bits per heavy atom. The van der Waals surface area contributed by atoms with Crippen molar-refractivity contribution in [3.63, 3.8) is 0 Å². The Balaban J connectivity index is 1.62. The zero-order valence-corrected chi connectivity index (χ0v) is 15.6. The Hall–Kier alpha value is -1.76. The van der Waals surface area contributed by atoms with E-state index in [2.05, 4.69) is 4.90 Å². The molecule has 0 atom stereocenters. The van der Waals surface area contributed by atoms with Crippen LogP contribution in [0, 0.1) is 0 Å². The van der Waals surface area contributed by atoms with Crippen LogP contribution in [-0.4, -0.2) is 46.0 Å². The van der Waals surface area contributed by atoms with E-state index in [1.807, 2.05) is 24.3 Å². The van der Waals surface area contributed by atoms with Crippen LogP contribution >= 0.6 is 11.6 Å². The summed E-state index contributed by atoms with van der Waals surface area (Å²) in [5.41, 5.74) is 1.79. The van der Waals surface area contributed by atoms with E-state index in [-0.39, 0.29) is 5.75 Å². The lowest BCUT2D eigenvalue weighted by atomic mass is 10.2. The van der Waals surface area contributed by atoms with Gasteiger partial charge in [0.25, 0.3) is 0 Å². The molecule has 1 aliphatic heterocycles. The van der Waals surface area contributed by atoms with Gasteiger partial charge in [-0.2, -0.15) is 4.31 Å². The first kappa shape index (κ1) is 18.0. The van der Waals surface area contributed by atoms with E-state index >= 15 is 0 Å². The van der Waals surface area contributed by atoms with Gasteiger partial charge >= 0.3 is 0 Å². The van der Waals surface area contributed by atoms with Crippen molar-refractivity contribution < 1.29 is 13.2 Å². The third-order valence-corrected chi connectivity index (χ3v) is 6.39. The normalized spacial score (nSPS) is 16.0. The van der Waals surface area contributed by atoms with Gasteiger partial charge in [-0.05, 0) is 42.0 Å². The highest BCUT2D eigenvalue weighted by Gasteiger charge is 2.27. The summed E-state index contributed by atoms with van der Waals surface area (Å²) in [4.78, 5) is 2.19. The zero-order chi connectivity index (χ0) is 17.9. The van der Waals surface area contributed by atoms with Gasteiger partial charge in [0.15, 0.2) is 0 Å². The number of ether oxygens (including phenoxy) is 1. The Morgan fingerprint density at radius 3 is 2.32 bits per heavy atom. The molecule has 1 heterocycles. The van der Waals surface area contributed by atoms with E-state index in [9.17, 15) is 8.42 Å². The van der Waals surface area contributed by atoms with Crippen molar-refractivity contribution in [1.29, 1.82) is 0 Å². The second-order valence-corrected chi connectivity index (χ2v) is 8.38. The standard InChI is InChI=1S/C18H21ClN2O3S/c1-24-18-7-5-17(6-8-18)20-9-11-21(12-10-20)25(22,23)14-15-3-2-4-16(19)13-15/h2-8,13H,9-12,14H2,1H3. The number of rotatable bonds is 5. The molecule has 0 radical (unpaired) electrons. The predicted molar refractivity (Wildman–Crippen MR) is 101 cm³/mol. The molecule has 3 rings (SSSR count). The molecule has 1 aliphatic rings. The molecule has 1 saturated heterocycles. The summed E-state index contributed by atoms with van der Waals surface area (Å²) in [5, 5.41) is 0.553. The van der Waals surface area contributed by atoms with Crippen LogP contribution in [0.25, 0.3) is 0 Å². The van der Waals surface area contributed by atoms with Gasteiger partial charge in [0.2, 0.25) is 10.0 Å². The molecule has 0 spiro atoms. The van der Waals surface area contributed by atoms with Gasteiger partial charge in [-0.15, -0.1) is 0 Å². The summed E-state index contributed by atoms with van der Waals surface area (Å²) in [7, 11) is -1.70. The van der Waals surface area contributed by atoms with E-state index in [1.165, 1.54) is 0 Å². The molecule has 2 aromatic carbocycles. The van der Waals surface area contributed by atoms with Gasteiger partial charge in [-0.1, -0.05) is 23.7 Å². The number of piperazine rings is 1. The quantitative estimate of drug-likeness (QED) is 0.800. The minimum atomic E-state index is -3.34. The lowest BCUT2D eigenvalue weighted by Gasteiger charge is -2.35. The Morgan fingerprint density at radius 1 is 1.04 bits per heavy atom. The topological polar surface area (TPSA) is 49.9 Å². The maximum atomic E-state index is 12.6. The van der Waals surface area contributed by atoms with Crippen LogP contribution in [0.4, 0.5) is 5.69 Å². The third kappa shape index (κ3) is 4.45. The van der Waals surface area contributed by atoms with Crippen molar-refractivity contribution in [1.82, 2.24) is 4.31 Å². The molecule has 0 N–H and O–H groups in total. The van der Waals surface area contributed by atoms with E-state index in [0.29, 0.717) is 36.8 Å². The highest BCUT2D eigenvalue weighted by molar-refractivity contribution is 7.88. The average molecular weight is 381 g/mol. The minimum absolute atomic E-state index is 0.0178. The number of hydrogen-bond donors (Lipinski definition) is 0. The van der Waals surface area contributed by atoms with E-state index in [1.54, 1.807) is 35.7 Å². The lowest BCUT2D eigenvalue weighted by Crippen LogP contribution is -2.49. The number of anilines is 1. The number of nitrogens with zero attached hydrogens (tertiary/aromatic N) is 2. The monoisotopic (exact) mass is 380 g/mol. The number of sulfonamides is 1. The van der Waals surface area contributed by atoms with Gasteiger partial charge in [0.05, 0.1) is 12.9 Å². The van der Waals surface area contributed by atoms with Gasteiger partial charge < -0.3 is 9.64 Å². The molecule has 0 aromatic heterocycles. The van der Waals surface area contributed by atoms with Crippen molar-refractivity contribution in [2.75, 3.05) is 38.2 Å². The van der Waals surface area contributed by atoms with Crippen molar-refractivity contribution in [2.45, 2.75) is 5.75 Å². The fourth-order valence-electron chi connectivity index (χ4n) is 2.95. The molecular formula is C18H21ClN2O3S. The molecule has 0 aliphatic carbocycles. The second kappa shape index (κ2) is 7.64. The largest absolute Gasteiger partial charge is 0.497 e. The van der Waals surface area contributed by atoms with Crippen LogP contribution in [-0.2, 0) is 15.8 Å². The summed E-state index contributed by atoms with van der Waals surface area (Å²) >= 11 is 5.94. The smallest absolute Gasteiger partial charge is 0.218 e. The number of halogens is 1. The molecule has 5 nitrogen and oxygen atoms in total. The van der Waals surface area contributed by atoms with Crippen LogP contribution in [0.15, 0.2) is 48.5 Å². The fourth-order valence-corrected chi connectivity index (χ4v) is 4.66. The highest BCUT2D eigenvalue weighted by atomic mass is 35.5. The predicted octanol–water partition coefficient (Wildman–Crippen LogP) is 3.00. The van der Waals surface area contributed by atoms with Crippen LogP contribution in [0.2, 0.25) is 5.02 Å². The lowest BCUT2D eigenvalue weighted by molar-refractivity contribution is 0.384. The van der Waals surface area contributed by atoms with Crippen molar-refractivity contribution in [2.24, 2.45) is 0 Å². The summed E-state index contributed by atoms with van der Waals surface area (Å²) in [6, 6.07) is 14.8. The first-order chi connectivity index (χ1) is 12.0. The van der Waals surface area contributed by atoms with Crippen molar-refractivity contribution >= 4 is 27.3 Å². The molecule has 134 valence electrons. The average Bonchev–Trinajstić information content (AvgIpc) is 2.61. The van der Waals surface area contributed by atoms with E-state index < -0.39 is 10.0 Å². The van der Waals surface area contributed by atoms with Gasteiger partial charge in [-0.3, -0.25) is 0 Å². The maximum absolute atomic E-state index is 12.6. The zero-order valence-electron chi connectivity index (χ0n) is 14.1. The molecule has 25 heavy (non-hydrogen) atoms. The SMILES string of the molecule is COc1ccc(N2CCN(S(=O)(=O)Cc3cccc(Cl)c3)CC2)cc1. The van der Waals surface area contributed by atoms with Crippen LogP contribution in [0.5, 0.6) is 5.75 Å². The number of methoxy groups -OCH3 is 1. The first-order valence-electron chi connectivity index (χ1n) is 8.09. The molecule has 2 aromatic rings. The van der Waals surface area contributed by atoms with E-state index in [4.69, 9.17) is 16.3 Å². The number of benzene rings is 2. The Kier molecular flexibility index (Phi) is 5.51. The summed E-state index contributed by atoms with van der Waals surface area (Å²) in [5.74, 6) is 0.794. The van der Waals surface area contributed by atoms with Crippen molar-refractivity contribution in [3.8, 4) is 5.75 Å². The van der Waals surface area contributed by atoms with E-state index in [0.717, 1.165) is 11.4 Å². The number of hydrogen-bond acceptors (Lipinski definition) is 4. The molecule has 1 fully saturated rings. The first-order valence-corrected chi connectivity index (χ1v) is 10.1. The molecule has 0 saturated carbocycles. The maximum Gasteiger partial charge on any atom is 0.218 e. The minimum Gasteiger partial charge on any atom is -0.497 e. The van der Waals surface area contributed by atoms with Gasteiger partial charge in [0, 0.05) is 36.9 Å². The van der Waals surface area contributed by atoms with Crippen LogP contribution in [0.3, 0.4) is 0 Å². The molecule has 0 bridgehead atoms. The summed E-state index contributed by atoms with van der Waals surface area (Å²) < 4.78 is 32.0. The van der Waals surface area contributed by atoms with Crippen LogP contribution in [0.1, 0.15) is 5.56 Å². The van der Waals surface area contributed by atoms with Crippen LogP contribution < -0.4 is 9.64 Å². The molecule has 0 amide bonds. The van der Waals surface area contributed by atoms with Crippen molar-refractivity contribution in [3.05, 3.63) is 59.1 Å². The third-order valence-electron chi connectivity index (χ3n) is 4.31. The molecule has 7 heteroatoms. The summed E-state index contributed by atoms with van der Waals surface area (Å²) in [6.45, 7) is 2.30. The van der Waals surface area contributed by atoms with Gasteiger partial charge in [-0.25, -0.2) is 8.42 Å². The second-order valence-electron chi connectivity index (χ2n) is 5.97. The molecular weight excluding hydrogens is 360 g/mol. The molecule has 0 unspecified atom stereocenters. The Labute approximate surface area is 153 Å². The highest BCUT2D eigenvalue weighted by Crippen LogP contribution is 2.22. The fraction of sp³-hybridized carbons (Fsp3) is 0.333.